The summed E-state index contributed by atoms with van der Waals surface area (Å²) in [7, 11) is 4.16. The van der Waals surface area contributed by atoms with Gasteiger partial charge in [-0.1, -0.05) is 31.0 Å². The van der Waals surface area contributed by atoms with Gasteiger partial charge in [0.05, 0.1) is 0 Å². The van der Waals surface area contributed by atoms with Gasteiger partial charge in [-0.05, 0) is 45.0 Å². The lowest BCUT2D eigenvalue weighted by Gasteiger charge is -2.36. The number of halogens is 1. The highest BCUT2D eigenvalue weighted by Crippen LogP contribution is 2.33. The number of amides is 1. The number of rotatable bonds is 6. The van der Waals surface area contributed by atoms with Crippen LogP contribution >= 0.6 is 0 Å². The molecule has 0 aliphatic heterocycles. The second-order valence-corrected chi connectivity index (χ2v) is 6.19. The second kappa shape index (κ2) is 7.03. The Morgan fingerprint density at radius 3 is 2.57 bits per heavy atom. The lowest BCUT2D eigenvalue weighted by Crippen LogP contribution is -2.50. The highest BCUT2D eigenvalue weighted by atomic mass is 19.1. The Labute approximate surface area is 126 Å². The molecule has 0 heterocycles. The third kappa shape index (κ3) is 4.03. The van der Waals surface area contributed by atoms with Crippen LogP contribution in [-0.2, 0) is 11.2 Å². The first-order valence-corrected chi connectivity index (χ1v) is 7.71. The van der Waals surface area contributed by atoms with Gasteiger partial charge in [0.25, 0.3) is 0 Å². The van der Waals surface area contributed by atoms with Gasteiger partial charge in [-0.2, -0.15) is 0 Å². The van der Waals surface area contributed by atoms with Crippen LogP contribution in [0.1, 0.15) is 37.7 Å². The molecule has 4 heteroatoms. The molecule has 0 bridgehead atoms. The van der Waals surface area contributed by atoms with Crippen molar-refractivity contribution in [1.29, 1.82) is 0 Å². The molecule has 1 N–H and O–H groups in total. The fourth-order valence-electron chi connectivity index (χ4n) is 3.12. The highest BCUT2D eigenvalue weighted by Gasteiger charge is 2.35. The fraction of sp³-hybridized carbons (Fsp3) is 0.588. The molecule has 1 aliphatic carbocycles. The van der Waals surface area contributed by atoms with Crippen LogP contribution in [0.15, 0.2) is 24.3 Å². The number of carbonyl (C=O) groups is 1. The minimum atomic E-state index is -0.231. The van der Waals surface area contributed by atoms with Crippen LogP contribution in [0.4, 0.5) is 4.39 Å². The summed E-state index contributed by atoms with van der Waals surface area (Å²) in [5.41, 5.74) is 0.712. The Kier molecular flexibility index (Phi) is 5.34. The second-order valence-electron chi connectivity index (χ2n) is 6.19. The third-order valence-electron chi connectivity index (χ3n) is 4.68. The monoisotopic (exact) mass is 292 g/mol. The topological polar surface area (TPSA) is 32.3 Å². The van der Waals surface area contributed by atoms with E-state index in [2.05, 4.69) is 24.3 Å². The van der Waals surface area contributed by atoms with E-state index in [-0.39, 0.29) is 17.3 Å². The number of nitrogens with zero attached hydrogens (tertiary/aromatic N) is 1. The molecule has 2 rings (SSSR count). The predicted octanol–water partition coefficient (Wildman–Crippen LogP) is 2.75. The summed E-state index contributed by atoms with van der Waals surface area (Å²) in [6.07, 6.45) is 5.51. The van der Waals surface area contributed by atoms with E-state index in [1.807, 2.05) is 0 Å². The van der Waals surface area contributed by atoms with Crippen LogP contribution in [0, 0.1) is 5.82 Å². The quantitative estimate of drug-likeness (QED) is 0.874. The molecule has 0 atom stereocenters. The van der Waals surface area contributed by atoms with Gasteiger partial charge in [-0.15, -0.1) is 0 Å². The van der Waals surface area contributed by atoms with Crippen LogP contribution in [0.25, 0.3) is 0 Å². The van der Waals surface area contributed by atoms with Gasteiger partial charge < -0.3 is 10.2 Å². The zero-order chi connectivity index (χ0) is 15.3. The molecule has 1 aromatic carbocycles. The van der Waals surface area contributed by atoms with Crippen molar-refractivity contribution in [3.63, 3.8) is 0 Å². The molecule has 1 amide bonds. The van der Waals surface area contributed by atoms with Gasteiger partial charge in [-0.3, -0.25) is 4.79 Å². The van der Waals surface area contributed by atoms with Crippen LogP contribution in [0.3, 0.4) is 0 Å². The van der Waals surface area contributed by atoms with Crippen LogP contribution < -0.4 is 5.32 Å². The van der Waals surface area contributed by atoms with Crippen molar-refractivity contribution in [2.75, 3.05) is 20.6 Å². The van der Waals surface area contributed by atoms with Crippen molar-refractivity contribution >= 4 is 5.91 Å². The summed E-state index contributed by atoms with van der Waals surface area (Å²) in [5.74, 6) is -0.225. The number of carbonyl (C=O) groups excluding carboxylic acids is 1. The number of likely N-dealkylation sites (N-methyl/N-ethyl adjacent to an activating group) is 1. The largest absolute Gasteiger partial charge is 0.354 e. The van der Waals surface area contributed by atoms with Gasteiger partial charge in [-0.25, -0.2) is 4.39 Å². The number of benzene rings is 1. The van der Waals surface area contributed by atoms with E-state index in [0.717, 1.165) is 12.8 Å². The molecule has 116 valence electrons. The standard InChI is InChI=1S/C17H25FN2O/c1-20(2)17(11-5-6-12-17)13-19-16(21)10-9-14-7-3-4-8-15(14)18/h3-4,7-8H,5-6,9-13H2,1-2H3,(H,19,21). The summed E-state index contributed by atoms with van der Waals surface area (Å²) in [6.45, 7) is 0.691. The molecule has 1 fully saturated rings. The van der Waals surface area contributed by atoms with Crippen molar-refractivity contribution in [2.24, 2.45) is 0 Å². The van der Waals surface area contributed by atoms with Crippen molar-refractivity contribution in [1.82, 2.24) is 10.2 Å². The van der Waals surface area contributed by atoms with E-state index in [4.69, 9.17) is 0 Å². The van der Waals surface area contributed by atoms with Gasteiger partial charge in [0.2, 0.25) is 5.91 Å². The van der Waals surface area contributed by atoms with E-state index >= 15 is 0 Å². The lowest BCUT2D eigenvalue weighted by atomic mass is 9.96. The Morgan fingerprint density at radius 2 is 1.95 bits per heavy atom. The summed E-state index contributed by atoms with van der Waals surface area (Å²) in [5, 5.41) is 3.03. The normalized spacial score (nSPS) is 17.1. The van der Waals surface area contributed by atoms with E-state index < -0.39 is 0 Å². The lowest BCUT2D eigenvalue weighted by molar-refractivity contribution is -0.121. The first-order chi connectivity index (χ1) is 10.0. The van der Waals surface area contributed by atoms with Gasteiger partial charge in [0.1, 0.15) is 5.82 Å². The first-order valence-electron chi connectivity index (χ1n) is 7.71. The fourth-order valence-corrected chi connectivity index (χ4v) is 3.12. The van der Waals surface area contributed by atoms with E-state index in [0.29, 0.717) is 24.9 Å². The van der Waals surface area contributed by atoms with E-state index in [1.54, 1.807) is 18.2 Å². The molecule has 0 unspecified atom stereocenters. The minimum absolute atomic E-state index is 0.00591. The van der Waals surface area contributed by atoms with Crippen LogP contribution in [-0.4, -0.2) is 37.0 Å². The summed E-state index contributed by atoms with van der Waals surface area (Å²) < 4.78 is 13.5. The Morgan fingerprint density at radius 1 is 1.29 bits per heavy atom. The molecule has 0 radical (unpaired) electrons. The molecule has 1 aromatic rings. The average molecular weight is 292 g/mol. The Balaban J connectivity index is 1.81. The van der Waals surface area contributed by atoms with Crippen molar-refractivity contribution in [2.45, 2.75) is 44.1 Å². The number of nitrogens with one attached hydrogen (secondary N) is 1. The maximum atomic E-state index is 13.5. The maximum Gasteiger partial charge on any atom is 0.220 e. The molecule has 1 saturated carbocycles. The zero-order valence-electron chi connectivity index (χ0n) is 13.0. The molecule has 0 spiro atoms. The third-order valence-corrected chi connectivity index (χ3v) is 4.68. The highest BCUT2D eigenvalue weighted by molar-refractivity contribution is 5.76. The van der Waals surface area contributed by atoms with Crippen LogP contribution in [0.5, 0.6) is 0 Å². The van der Waals surface area contributed by atoms with Crippen molar-refractivity contribution < 1.29 is 9.18 Å². The van der Waals surface area contributed by atoms with E-state index in [1.165, 1.54) is 18.9 Å². The summed E-state index contributed by atoms with van der Waals surface area (Å²) in [4.78, 5) is 14.2. The van der Waals surface area contributed by atoms with Gasteiger partial charge in [0, 0.05) is 18.5 Å². The molecule has 21 heavy (non-hydrogen) atoms. The molecule has 0 aromatic heterocycles. The van der Waals surface area contributed by atoms with Crippen molar-refractivity contribution in [3.8, 4) is 0 Å². The molecule has 0 saturated heterocycles. The molecular formula is C17H25FN2O. The van der Waals surface area contributed by atoms with Crippen molar-refractivity contribution in [3.05, 3.63) is 35.6 Å². The smallest absolute Gasteiger partial charge is 0.220 e. The predicted molar refractivity (Wildman–Crippen MR) is 82.6 cm³/mol. The number of hydrogen-bond donors (Lipinski definition) is 1. The SMILES string of the molecule is CN(C)C1(CNC(=O)CCc2ccccc2F)CCCC1. The first kappa shape index (κ1) is 16.0. The van der Waals surface area contributed by atoms with E-state index in [9.17, 15) is 9.18 Å². The summed E-state index contributed by atoms with van der Waals surface area (Å²) in [6, 6.07) is 6.64. The van der Waals surface area contributed by atoms with Gasteiger partial charge >= 0.3 is 0 Å². The minimum Gasteiger partial charge on any atom is -0.354 e. The number of hydrogen-bond acceptors (Lipinski definition) is 2. The average Bonchev–Trinajstić information content (AvgIpc) is 2.94. The van der Waals surface area contributed by atoms with Crippen LogP contribution in [0.2, 0.25) is 0 Å². The molecule has 1 aliphatic rings. The summed E-state index contributed by atoms with van der Waals surface area (Å²) >= 11 is 0. The Hall–Kier alpha value is -1.42. The maximum absolute atomic E-state index is 13.5. The van der Waals surface area contributed by atoms with Gasteiger partial charge in [0.15, 0.2) is 0 Å². The zero-order valence-corrected chi connectivity index (χ0v) is 13.0. The molecule has 3 nitrogen and oxygen atoms in total. The number of aryl methyl sites for hydroxylation is 1. The Bertz CT molecular complexity index is 481. The molecular weight excluding hydrogens is 267 g/mol.